The van der Waals surface area contributed by atoms with Gasteiger partial charge >= 0.3 is 0 Å². The normalized spacial score (nSPS) is 10.1. The van der Waals surface area contributed by atoms with Gasteiger partial charge in [-0.1, -0.05) is 29.8 Å². The molecule has 0 fully saturated rings. The Morgan fingerprint density at radius 2 is 2.04 bits per heavy atom. The fourth-order valence-corrected chi connectivity index (χ4v) is 2.47. The van der Waals surface area contributed by atoms with E-state index in [9.17, 15) is 4.79 Å². The van der Waals surface area contributed by atoms with Crippen LogP contribution in [-0.2, 0) is 0 Å². The van der Waals surface area contributed by atoms with Crippen LogP contribution in [0.2, 0.25) is 5.02 Å². The third kappa shape index (κ3) is 3.47. The molecular formula is C18H13ClN4O2. The summed E-state index contributed by atoms with van der Waals surface area (Å²) in [6.07, 6.45) is 1.63. The minimum atomic E-state index is -0.438. The van der Waals surface area contributed by atoms with Gasteiger partial charge in [0.05, 0.1) is 29.6 Å². The van der Waals surface area contributed by atoms with Gasteiger partial charge in [0.25, 0.3) is 5.91 Å². The van der Waals surface area contributed by atoms with E-state index in [1.807, 2.05) is 36.4 Å². The number of anilines is 1. The number of nitriles is 1. The van der Waals surface area contributed by atoms with Crippen LogP contribution < -0.4 is 10.1 Å². The van der Waals surface area contributed by atoms with Crippen molar-refractivity contribution in [1.29, 1.82) is 5.26 Å². The summed E-state index contributed by atoms with van der Waals surface area (Å²) in [5.74, 6) is -0.0894. The molecule has 3 aromatic rings. The van der Waals surface area contributed by atoms with Gasteiger partial charge in [-0.05, 0) is 30.3 Å². The summed E-state index contributed by atoms with van der Waals surface area (Å²) >= 11 is 5.98. The third-order valence-electron chi connectivity index (χ3n) is 3.48. The van der Waals surface area contributed by atoms with Gasteiger partial charge in [-0.2, -0.15) is 10.4 Å². The molecule has 3 rings (SSSR count). The van der Waals surface area contributed by atoms with Crippen molar-refractivity contribution in [3.63, 3.8) is 0 Å². The third-order valence-corrected chi connectivity index (χ3v) is 3.80. The quantitative estimate of drug-likeness (QED) is 0.777. The second-order valence-electron chi connectivity index (χ2n) is 5.09. The number of carbonyl (C=O) groups excluding carboxylic acids is 1. The average Bonchev–Trinajstić information content (AvgIpc) is 3.07. The molecule has 1 amide bonds. The number of carbonyl (C=O) groups is 1. The van der Waals surface area contributed by atoms with E-state index < -0.39 is 5.91 Å². The van der Waals surface area contributed by atoms with Crippen molar-refractivity contribution in [2.45, 2.75) is 0 Å². The summed E-state index contributed by atoms with van der Waals surface area (Å²) < 4.78 is 6.82. The van der Waals surface area contributed by atoms with Crippen LogP contribution in [0.1, 0.15) is 16.1 Å². The Bertz CT molecular complexity index is 961. The number of nitrogens with one attached hydrogen (secondary N) is 1. The maximum Gasteiger partial charge on any atom is 0.280 e. The van der Waals surface area contributed by atoms with Crippen molar-refractivity contribution >= 4 is 23.2 Å². The number of ether oxygens (including phenoxy) is 1. The molecule has 0 aliphatic heterocycles. The Hall–Kier alpha value is -3.30. The Labute approximate surface area is 149 Å². The fraction of sp³-hybridized carbons (Fsp3) is 0.0556. The monoisotopic (exact) mass is 352 g/mol. The van der Waals surface area contributed by atoms with E-state index in [2.05, 4.69) is 10.4 Å². The average molecular weight is 353 g/mol. The lowest BCUT2D eigenvalue weighted by Crippen LogP contribution is -2.14. The molecule has 0 atom stereocenters. The van der Waals surface area contributed by atoms with E-state index >= 15 is 0 Å². The Morgan fingerprint density at radius 3 is 2.68 bits per heavy atom. The van der Waals surface area contributed by atoms with Crippen molar-refractivity contribution < 1.29 is 9.53 Å². The summed E-state index contributed by atoms with van der Waals surface area (Å²) in [7, 11) is 1.47. The zero-order valence-electron chi connectivity index (χ0n) is 13.2. The lowest BCUT2D eigenvalue weighted by Gasteiger charge is -2.05. The summed E-state index contributed by atoms with van der Waals surface area (Å²) in [6, 6.07) is 16.0. The van der Waals surface area contributed by atoms with E-state index in [1.165, 1.54) is 19.2 Å². The number of halogens is 1. The number of hydrogen-bond acceptors (Lipinski definition) is 4. The molecule has 0 aliphatic rings. The fourth-order valence-electron chi connectivity index (χ4n) is 2.25. The SMILES string of the molecule is COc1cn(-c2ccccc2)nc1C(=O)Nc1ccc(C#N)c(Cl)c1. The van der Waals surface area contributed by atoms with Crippen molar-refractivity contribution in [3.05, 3.63) is 71.0 Å². The largest absolute Gasteiger partial charge is 0.493 e. The first-order valence-corrected chi connectivity index (χ1v) is 7.70. The van der Waals surface area contributed by atoms with Crippen LogP contribution in [0.25, 0.3) is 5.69 Å². The molecular weight excluding hydrogens is 340 g/mol. The van der Waals surface area contributed by atoms with E-state index in [0.29, 0.717) is 17.0 Å². The van der Waals surface area contributed by atoms with Crippen LogP contribution in [0.4, 0.5) is 5.69 Å². The number of rotatable bonds is 4. The Morgan fingerprint density at radius 1 is 1.28 bits per heavy atom. The minimum absolute atomic E-state index is 0.145. The number of methoxy groups -OCH3 is 1. The maximum atomic E-state index is 12.5. The second-order valence-corrected chi connectivity index (χ2v) is 5.49. The number of benzene rings is 2. The summed E-state index contributed by atoms with van der Waals surface area (Å²) in [6.45, 7) is 0. The van der Waals surface area contributed by atoms with E-state index in [4.69, 9.17) is 21.6 Å². The standard InChI is InChI=1S/C18H13ClN4O2/c1-25-16-11-23(14-5-3-2-4-6-14)22-17(16)18(24)21-13-8-7-12(10-20)15(19)9-13/h2-9,11H,1H3,(H,21,24). The first-order chi connectivity index (χ1) is 12.1. The van der Waals surface area contributed by atoms with Gasteiger partial charge in [0.2, 0.25) is 0 Å². The molecule has 0 saturated heterocycles. The Balaban J connectivity index is 1.88. The lowest BCUT2D eigenvalue weighted by atomic mass is 10.2. The van der Waals surface area contributed by atoms with Crippen molar-refractivity contribution in [1.82, 2.24) is 9.78 Å². The molecule has 1 aromatic heterocycles. The molecule has 0 spiro atoms. The summed E-state index contributed by atoms with van der Waals surface area (Å²) in [5, 5.41) is 16.2. The number of amides is 1. The van der Waals surface area contributed by atoms with Gasteiger partial charge in [0.15, 0.2) is 11.4 Å². The molecule has 0 saturated carbocycles. The summed E-state index contributed by atoms with van der Waals surface area (Å²) in [5.41, 5.74) is 1.75. The highest BCUT2D eigenvalue weighted by Gasteiger charge is 2.19. The highest BCUT2D eigenvalue weighted by molar-refractivity contribution is 6.32. The van der Waals surface area contributed by atoms with Gasteiger partial charge in [0, 0.05) is 5.69 Å². The highest BCUT2D eigenvalue weighted by Crippen LogP contribution is 2.23. The van der Waals surface area contributed by atoms with Crippen molar-refractivity contribution in [2.24, 2.45) is 0 Å². The first kappa shape index (κ1) is 16.6. The van der Waals surface area contributed by atoms with Gasteiger partial charge in [-0.15, -0.1) is 0 Å². The van der Waals surface area contributed by atoms with Crippen LogP contribution >= 0.6 is 11.6 Å². The molecule has 6 nitrogen and oxygen atoms in total. The zero-order valence-corrected chi connectivity index (χ0v) is 14.0. The predicted molar refractivity (Wildman–Crippen MR) is 94.2 cm³/mol. The molecule has 1 heterocycles. The molecule has 124 valence electrons. The van der Waals surface area contributed by atoms with E-state index in [-0.39, 0.29) is 10.7 Å². The maximum absolute atomic E-state index is 12.5. The number of aromatic nitrogens is 2. The van der Waals surface area contributed by atoms with Crippen molar-refractivity contribution in [2.75, 3.05) is 12.4 Å². The van der Waals surface area contributed by atoms with Gasteiger partial charge in [0.1, 0.15) is 6.07 Å². The van der Waals surface area contributed by atoms with Crippen LogP contribution in [-0.4, -0.2) is 22.8 Å². The summed E-state index contributed by atoms with van der Waals surface area (Å²) in [4.78, 5) is 12.5. The molecule has 7 heteroatoms. The Kier molecular flexibility index (Phi) is 4.68. The number of para-hydroxylation sites is 1. The predicted octanol–water partition coefficient (Wildman–Crippen LogP) is 3.66. The first-order valence-electron chi connectivity index (χ1n) is 7.32. The molecule has 0 radical (unpaired) electrons. The second kappa shape index (κ2) is 7.07. The van der Waals surface area contributed by atoms with Crippen LogP contribution in [0, 0.1) is 11.3 Å². The van der Waals surface area contributed by atoms with Crippen molar-refractivity contribution in [3.8, 4) is 17.5 Å². The molecule has 0 bridgehead atoms. The van der Waals surface area contributed by atoms with Crippen LogP contribution in [0.3, 0.4) is 0 Å². The van der Waals surface area contributed by atoms with E-state index in [0.717, 1.165) is 5.69 Å². The van der Waals surface area contributed by atoms with Gasteiger partial charge in [-0.3, -0.25) is 4.79 Å². The molecule has 1 N–H and O–H groups in total. The molecule has 25 heavy (non-hydrogen) atoms. The van der Waals surface area contributed by atoms with Crippen LogP contribution in [0.5, 0.6) is 5.75 Å². The molecule has 0 unspecified atom stereocenters. The lowest BCUT2D eigenvalue weighted by molar-refractivity contribution is 0.101. The van der Waals surface area contributed by atoms with E-state index in [1.54, 1.807) is 16.9 Å². The minimum Gasteiger partial charge on any atom is -0.493 e. The topological polar surface area (TPSA) is 79.9 Å². The van der Waals surface area contributed by atoms with Gasteiger partial charge < -0.3 is 10.1 Å². The zero-order chi connectivity index (χ0) is 17.8. The van der Waals surface area contributed by atoms with Gasteiger partial charge in [-0.25, -0.2) is 4.68 Å². The highest BCUT2D eigenvalue weighted by atomic mass is 35.5. The molecule has 2 aromatic carbocycles. The smallest absolute Gasteiger partial charge is 0.280 e. The number of hydrogen-bond donors (Lipinski definition) is 1. The van der Waals surface area contributed by atoms with Crippen LogP contribution in [0.15, 0.2) is 54.7 Å². The number of nitrogens with zero attached hydrogens (tertiary/aromatic N) is 3. The molecule has 0 aliphatic carbocycles.